The minimum atomic E-state index is -0.121. The molecule has 0 radical (unpaired) electrons. The van der Waals surface area contributed by atoms with E-state index in [0.29, 0.717) is 6.04 Å². The Kier molecular flexibility index (Phi) is 5.39. The highest BCUT2D eigenvalue weighted by Crippen LogP contribution is 2.30. The number of ether oxygens (including phenoxy) is 1. The quantitative estimate of drug-likeness (QED) is 0.830. The van der Waals surface area contributed by atoms with Crippen LogP contribution < -0.4 is 15.8 Å². The van der Waals surface area contributed by atoms with Crippen molar-refractivity contribution in [1.29, 1.82) is 0 Å². The molecular formula is C16H28N2O. The Morgan fingerprint density at radius 2 is 1.89 bits per heavy atom. The van der Waals surface area contributed by atoms with Gasteiger partial charge in [0.2, 0.25) is 0 Å². The number of rotatable bonds is 6. The van der Waals surface area contributed by atoms with Crippen LogP contribution in [0.2, 0.25) is 0 Å². The molecule has 0 amide bonds. The van der Waals surface area contributed by atoms with E-state index in [-0.39, 0.29) is 5.54 Å². The zero-order valence-corrected chi connectivity index (χ0v) is 13.1. The van der Waals surface area contributed by atoms with Gasteiger partial charge < -0.3 is 15.8 Å². The van der Waals surface area contributed by atoms with Crippen molar-refractivity contribution in [1.82, 2.24) is 5.32 Å². The lowest BCUT2D eigenvalue weighted by atomic mass is 9.90. The Balaban J connectivity index is 2.96. The number of methoxy groups -OCH3 is 1. The van der Waals surface area contributed by atoms with Crippen LogP contribution in [-0.4, -0.2) is 19.7 Å². The zero-order chi connectivity index (χ0) is 14.6. The number of hydrogen-bond donors (Lipinski definition) is 2. The normalized spacial score (nSPS) is 13.4. The molecule has 108 valence electrons. The van der Waals surface area contributed by atoms with Crippen molar-refractivity contribution in [2.45, 2.75) is 52.1 Å². The van der Waals surface area contributed by atoms with Gasteiger partial charge in [0.05, 0.1) is 7.11 Å². The first-order valence-electron chi connectivity index (χ1n) is 6.90. The third-order valence-electron chi connectivity index (χ3n) is 3.80. The summed E-state index contributed by atoms with van der Waals surface area (Å²) in [6.45, 7) is 8.42. The van der Waals surface area contributed by atoms with Crippen molar-refractivity contribution >= 4 is 0 Å². The Labute approximate surface area is 117 Å². The van der Waals surface area contributed by atoms with Crippen molar-refractivity contribution in [2.24, 2.45) is 5.73 Å². The molecule has 0 aliphatic rings. The molecule has 0 heterocycles. The monoisotopic (exact) mass is 264 g/mol. The van der Waals surface area contributed by atoms with Crippen LogP contribution in [0.4, 0.5) is 0 Å². The van der Waals surface area contributed by atoms with Gasteiger partial charge in [0, 0.05) is 11.6 Å². The van der Waals surface area contributed by atoms with E-state index in [9.17, 15) is 0 Å². The topological polar surface area (TPSA) is 47.3 Å². The fourth-order valence-corrected chi connectivity index (χ4v) is 2.39. The van der Waals surface area contributed by atoms with E-state index >= 15 is 0 Å². The summed E-state index contributed by atoms with van der Waals surface area (Å²) in [6, 6.07) is 4.55. The fourth-order valence-electron chi connectivity index (χ4n) is 2.39. The Morgan fingerprint density at radius 1 is 1.26 bits per heavy atom. The van der Waals surface area contributed by atoms with Crippen molar-refractivity contribution < 1.29 is 4.74 Å². The molecule has 1 aromatic rings. The third kappa shape index (κ3) is 4.22. The number of nitrogens with one attached hydrogen (secondary N) is 1. The first kappa shape index (κ1) is 16.0. The maximum atomic E-state index is 6.08. The van der Waals surface area contributed by atoms with E-state index in [1.807, 2.05) is 7.05 Å². The van der Waals surface area contributed by atoms with E-state index in [0.717, 1.165) is 18.6 Å². The lowest BCUT2D eigenvalue weighted by Gasteiger charge is -2.25. The molecule has 0 aliphatic heterocycles. The van der Waals surface area contributed by atoms with Gasteiger partial charge in [-0.3, -0.25) is 0 Å². The molecule has 1 rings (SSSR count). The van der Waals surface area contributed by atoms with Gasteiger partial charge in [0.25, 0.3) is 0 Å². The van der Waals surface area contributed by atoms with Gasteiger partial charge in [0.1, 0.15) is 5.75 Å². The van der Waals surface area contributed by atoms with Gasteiger partial charge in [-0.1, -0.05) is 6.07 Å². The summed E-state index contributed by atoms with van der Waals surface area (Å²) in [5.41, 5.74) is 9.81. The summed E-state index contributed by atoms with van der Waals surface area (Å²) >= 11 is 0. The molecule has 0 aliphatic carbocycles. The highest BCUT2D eigenvalue weighted by atomic mass is 16.5. The van der Waals surface area contributed by atoms with E-state index in [1.165, 1.54) is 16.7 Å². The fraction of sp³-hybridized carbons (Fsp3) is 0.625. The SMILES string of the molecule is CNC(CCC(C)(C)N)c1ccc(OC)c(C)c1C. The van der Waals surface area contributed by atoms with Gasteiger partial charge in [-0.15, -0.1) is 0 Å². The summed E-state index contributed by atoms with van der Waals surface area (Å²) in [5.74, 6) is 0.954. The van der Waals surface area contributed by atoms with Crippen molar-refractivity contribution in [3.05, 3.63) is 28.8 Å². The van der Waals surface area contributed by atoms with E-state index in [2.05, 4.69) is 45.1 Å². The molecule has 3 nitrogen and oxygen atoms in total. The average molecular weight is 264 g/mol. The van der Waals surface area contributed by atoms with Crippen molar-refractivity contribution in [3.8, 4) is 5.75 Å². The van der Waals surface area contributed by atoms with Crippen LogP contribution in [0.25, 0.3) is 0 Å². The predicted octanol–water partition coefficient (Wildman–Crippen LogP) is 3.09. The zero-order valence-electron chi connectivity index (χ0n) is 13.1. The first-order chi connectivity index (χ1) is 8.80. The Bertz CT molecular complexity index is 421. The second-order valence-electron chi connectivity index (χ2n) is 5.98. The lowest BCUT2D eigenvalue weighted by Crippen LogP contribution is -2.33. The number of hydrogen-bond acceptors (Lipinski definition) is 3. The summed E-state index contributed by atoms with van der Waals surface area (Å²) in [6.07, 6.45) is 2.02. The third-order valence-corrected chi connectivity index (χ3v) is 3.80. The van der Waals surface area contributed by atoms with Gasteiger partial charge in [-0.2, -0.15) is 0 Å². The van der Waals surface area contributed by atoms with Crippen molar-refractivity contribution in [3.63, 3.8) is 0 Å². The van der Waals surface area contributed by atoms with E-state index in [4.69, 9.17) is 10.5 Å². The molecule has 3 N–H and O–H groups in total. The van der Waals surface area contributed by atoms with Gasteiger partial charge >= 0.3 is 0 Å². The second kappa shape index (κ2) is 6.40. The summed E-state index contributed by atoms with van der Waals surface area (Å²) in [4.78, 5) is 0. The Hall–Kier alpha value is -1.06. The van der Waals surface area contributed by atoms with Crippen LogP contribution >= 0.6 is 0 Å². The predicted molar refractivity (Wildman–Crippen MR) is 81.8 cm³/mol. The molecule has 0 fully saturated rings. The molecule has 1 atom stereocenters. The molecule has 0 saturated heterocycles. The van der Waals surface area contributed by atoms with Crippen LogP contribution in [0.3, 0.4) is 0 Å². The molecule has 0 bridgehead atoms. The molecule has 0 saturated carbocycles. The number of nitrogens with two attached hydrogens (primary N) is 1. The second-order valence-corrected chi connectivity index (χ2v) is 5.98. The molecule has 0 aromatic heterocycles. The highest BCUT2D eigenvalue weighted by Gasteiger charge is 2.18. The maximum absolute atomic E-state index is 6.08. The maximum Gasteiger partial charge on any atom is 0.122 e. The molecule has 0 spiro atoms. The van der Waals surface area contributed by atoms with Crippen molar-refractivity contribution in [2.75, 3.05) is 14.2 Å². The molecule has 1 unspecified atom stereocenters. The summed E-state index contributed by atoms with van der Waals surface area (Å²) < 4.78 is 5.37. The largest absolute Gasteiger partial charge is 0.496 e. The van der Waals surface area contributed by atoms with E-state index in [1.54, 1.807) is 7.11 Å². The Morgan fingerprint density at radius 3 is 2.37 bits per heavy atom. The van der Waals surface area contributed by atoms with Gasteiger partial charge in [0.15, 0.2) is 0 Å². The molecule has 1 aromatic carbocycles. The summed E-state index contributed by atoms with van der Waals surface area (Å²) in [7, 11) is 3.72. The number of benzene rings is 1. The minimum absolute atomic E-state index is 0.121. The highest BCUT2D eigenvalue weighted by molar-refractivity contribution is 5.44. The standard InChI is InChI=1S/C16H28N2O/c1-11-12(2)15(19-6)8-7-13(11)14(18-5)9-10-16(3,4)17/h7-8,14,18H,9-10,17H2,1-6H3. The van der Waals surface area contributed by atoms with Gasteiger partial charge in [-0.05, 0) is 70.3 Å². The molecular weight excluding hydrogens is 236 g/mol. The van der Waals surface area contributed by atoms with Crippen LogP contribution in [0, 0.1) is 13.8 Å². The molecule has 3 heteroatoms. The summed E-state index contributed by atoms with van der Waals surface area (Å²) in [5, 5.41) is 3.40. The van der Waals surface area contributed by atoms with Crippen LogP contribution in [0.15, 0.2) is 12.1 Å². The van der Waals surface area contributed by atoms with Crippen LogP contribution in [0.5, 0.6) is 5.75 Å². The van der Waals surface area contributed by atoms with E-state index < -0.39 is 0 Å². The minimum Gasteiger partial charge on any atom is -0.496 e. The van der Waals surface area contributed by atoms with Crippen LogP contribution in [-0.2, 0) is 0 Å². The average Bonchev–Trinajstić information content (AvgIpc) is 2.33. The van der Waals surface area contributed by atoms with Gasteiger partial charge in [-0.25, -0.2) is 0 Å². The van der Waals surface area contributed by atoms with Crippen LogP contribution in [0.1, 0.15) is 49.4 Å². The lowest BCUT2D eigenvalue weighted by molar-refractivity contribution is 0.404. The smallest absolute Gasteiger partial charge is 0.122 e. The first-order valence-corrected chi connectivity index (χ1v) is 6.90. The molecule has 19 heavy (non-hydrogen) atoms.